The maximum atomic E-state index is 12.6. The van der Waals surface area contributed by atoms with Crippen LogP contribution in [0.1, 0.15) is 25.6 Å². The predicted molar refractivity (Wildman–Crippen MR) is 94.3 cm³/mol. The summed E-state index contributed by atoms with van der Waals surface area (Å²) in [5, 5.41) is 6.54. The van der Waals surface area contributed by atoms with E-state index in [1.807, 2.05) is 31.2 Å². The third-order valence-corrected chi connectivity index (χ3v) is 4.93. The van der Waals surface area contributed by atoms with E-state index in [2.05, 4.69) is 10.6 Å². The molecule has 0 spiro atoms. The van der Waals surface area contributed by atoms with Crippen molar-refractivity contribution >= 4 is 38.9 Å². The fourth-order valence-electron chi connectivity index (χ4n) is 2.46. The first kappa shape index (κ1) is 15.2. The van der Waals surface area contributed by atoms with Gasteiger partial charge < -0.3 is 10.6 Å². The van der Waals surface area contributed by atoms with Gasteiger partial charge in [-0.05, 0) is 42.1 Å². The highest BCUT2D eigenvalue weighted by molar-refractivity contribution is 7.21. The summed E-state index contributed by atoms with van der Waals surface area (Å²) in [5.74, 6) is -0.336. The minimum atomic E-state index is -0.181. The second kappa shape index (κ2) is 6.22. The second-order valence-corrected chi connectivity index (χ2v) is 6.22. The summed E-state index contributed by atoms with van der Waals surface area (Å²) < 4.78 is 1.09. The first-order valence-corrected chi connectivity index (χ1v) is 8.03. The molecule has 2 N–H and O–H groups in total. The standard InChI is InChI=1S/C18H16N2O2S/c1-11-14-8-3-4-9-15(14)23-16(11)18(22)20-13-7-5-6-12(10-13)17(21)19-2/h3-10H,1-2H3,(H,19,21)(H,20,22). The molecule has 0 atom stereocenters. The van der Waals surface area contributed by atoms with Gasteiger partial charge in [0.1, 0.15) is 0 Å². The normalized spacial score (nSPS) is 10.5. The van der Waals surface area contributed by atoms with Crippen molar-refractivity contribution in [2.45, 2.75) is 6.92 Å². The summed E-state index contributed by atoms with van der Waals surface area (Å²) in [7, 11) is 1.58. The highest BCUT2D eigenvalue weighted by Gasteiger charge is 2.15. The van der Waals surface area contributed by atoms with Gasteiger partial charge in [-0.15, -0.1) is 11.3 Å². The fraction of sp³-hybridized carbons (Fsp3) is 0.111. The van der Waals surface area contributed by atoms with Gasteiger partial charge in [0.05, 0.1) is 4.88 Å². The number of hydrogen-bond acceptors (Lipinski definition) is 3. The topological polar surface area (TPSA) is 58.2 Å². The Morgan fingerprint density at radius 1 is 1.00 bits per heavy atom. The Labute approximate surface area is 138 Å². The SMILES string of the molecule is CNC(=O)c1cccc(NC(=O)c2sc3ccccc3c2C)c1. The van der Waals surface area contributed by atoms with E-state index in [0.29, 0.717) is 16.1 Å². The van der Waals surface area contributed by atoms with Crippen molar-refractivity contribution in [3.63, 3.8) is 0 Å². The van der Waals surface area contributed by atoms with E-state index >= 15 is 0 Å². The van der Waals surface area contributed by atoms with Crippen LogP contribution in [0.5, 0.6) is 0 Å². The number of benzene rings is 2. The van der Waals surface area contributed by atoms with Crippen LogP contribution < -0.4 is 10.6 Å². The van der Waals surface area contributed by atoms with Gasteiger partial charge in [0.15, 0.2) is 0 Å². The molecule has 4 nitrogen and oxygen atoms in total. The van der Waals surface area contributed by atoms with E-state index in [9.17, 15) is 9.59 Å². The van der Waals surface area contributed by atoms with E-state index in [0.717, 1.165) is 15.6 Å². The summed E-state index contributed by atoms with van der Waals surface area (Å²) in [6.07, 6.45) is 0. The molecule has 3 rings (SSSR count). The summed E-state index contributed by atoms with van der Waals surface area (Å²) >= 11 is 1.47. The van der Waals surface area contributed by atoms with Gasteiger partial charge in [0, 0.05) is 23.0 Å². The summed E-state index contributed by atoms with van der Waals surface area (Å²) in [6.45, 7) is 1.95. The van der Waals surface area contributed by atoms with Gasteiger partial charge in [0.25, 0.3) is 11.8 Å². The van der Waals surface area contributed by atoms with Gasteiger partial charge in [0.2, 0.25) is 0 Å². The zero-order chi connectivity index (χ0) is 16.4. The molecular formula is C18H16N2O2S. The number of carbonyl (C=O) groups is 2. The van der Waals surface area contributed by atoms with Crippen LogP contribution in [0.4, 0.5) is 5.69 Å². The summed E-state index contributed by atoms with van der Waals surface area (Å²) in [4.78, 5) is 24.9. The molecule has 0 saturated carbocycles. The van der Waals surface area contributed by atoms with Gasteiger partial charge in [-0.2, -0.15) is 0 Å². The number of anilines is 1. The molecule has 0 aliphatic rings. The first-order valence-electron chi connectivity index (χ1n) is 7.22. The van der Waals surface area contributed by atoms with Crippen LogP contribution in [0.3, 0.4) is 0 Å². The van der Waals surface area contributed by atoms with Gasteiger partial charge in [-0.25, -0.2) is 0 Å². The lowest BCUT2D eigenvalue weighted by Gasteiger charge is -2.06. The Kier molecular flexibility index (Phi) is 4.12. The minimum Gasteiger partial charge on any atom is -0.355 e. The summed E-state index contributed by atoms with van der Waals surface area (Å²) in [5.41, 5.74) is 2.09. The number of amides is 2. The number of nitrogens with one attached hydrogen (secondary N) is 2. The largest absolute Gasteiger partial charge is 0.355 e. The van der Waals surface area contributed by atoms with Gasteiger partial charge >= 0.3 is 0 Å². The second-order valence-electron chi connectivity index (χ2n) is 5.17. The average Bonchev–Trinajstić information content (AvgIpc) is 2.92. The molecule has 116 valence electrons. The predicted octanol–water partition coefficient (Wildman–Crippen LogP) is 3.82. The number of hydrogen-bond donors (Lipinski definition) is 2. The van der Waals surface area contributed by atoms with Crippen molar-refractivity contribution in [3.8, 4) is 0 Å². The molecule has 2 amide bonds. The summed E-state index contributed by atoms with van der Waals surface area (Å²) in [6, 6.07) is 14.9. The van der Waals surface area contributed by atoms with Crippen molar-refractivity contribution in [2.24, 2.45) is 0 Å². The number of rotatable bonds is 3. The molecule has 0 unspecified atom stereocenters. The Balaban J connectivity index is 1.89. The molecule has 0 radical (unpaired) electrons. The van der Waals surface area contributed by atoms with Crippen LogP contribution in [-0.2, 0) is 0 Å². The highest BCUT2D eigenvalue weighted by atomic mass is 32.1. The molecule has 0 bridgehead atoms. The van der Waals surface area contributed by atoms with Crippen molar-refractivity contribution in [3.05, 3.63) is 64.5 Å². The maximum absolute atomic E-state index is 12.6. The molecule has 0 fully saturated rings. The van der Waals surface area contributed by atoms with Crippen LogP contribution >= 0.6 is 11.3 Å². The number of carbonyl (C=O) groups excluding carboxylic acids is 2. The molecular weight excluding hydrogens is 308 g/mol. The first-order chi connectivity index (χ1) is 11.1. The van der Waals surface area contributed by atoms with Crippen LogP contribution in [0.2, 0.25) is 0 Å². The van der Waals surface area contributed by atoms with E-state index in [-0.39, 0.29) is 11.8 Å². The molecule has 3 aromatic rings. The Bertz CT molecular complexity index is 899. The fourth-order valence-corrected chi connectivity index (χ4v) is 3.57. The van der Waals surface area contributed by atoms with Crippen LogP contribution in [0, 0.1) is 6.92 Å². The lowest BCUT2D eigenvalue weighted by atomic mass is 10.1. The number of fused-ring (bicyclic) bond motifs is 1. The average molecular weight is 324 g/mol. The molecule has 1 heterocycles. The monoisotopic (exact) mass is 324 g/mol. The molecule has 2 aromatic carbocycles. The third-order valence-electron chi connectivity index (χ3n) is 3.66. The van der Waals surface area contributed by atoms with Crippen LogP contribution in [0.15, 0.2) is 48.5 Å². The quantitative estimate of drug-likeness (QED) is 0.769. The number of thiophene rings is 1. The molecule has 1 aromatic heterocycles. The van der Waals surface area contributed by atoms with Crippen LogP contribution in [-0.4, -0.2) is 18.9 Å². The van der Waals surface area contributed by atoms with Crippen molar-refractivity contribution in [2.75, 3.05) is 12.4 Å². The number of aryl methyl sites for hydroxylation is 1. The molecule has 5 heteroatoms. The minimum absolute atomic E-state index is 0.155. The zero-order valence-electron chi connectivity index (χ0n) is 12.8. The van der Waals surface area contributed by atoms with E-state index in [4.69, 9.17) is 0 Å². The van der Waals surface area contributed by atoms with Crippen molar-refractivity contribution in [1.29, 1.82) is 0 Å². The Morgan fingerprint density at radius 2 is 1.78 bits per heavy atom. The lowest BCUT2D eigenvalue weighted by Crippen LogP contribution is -2.18. The zero-order valence-corrected chi connectivity index (χ0v) is 13.7. The van der Waals surface area contributed by atoms with Crippen LogP contribution in [0.25, 0.3) is 10.1 Å². The molecule has 23 heavy (non-hydrogen) atoms. The van der Waals surface area contributed by atoms with Crippen molar-refractivity contribution in [1.82, 2.24) is 5.32 Å². The lowest BCUT2D eigenvalue weighted by molar-refractivity contribution is 0.0961. The molecule has 0 aliphatic heterocycles. The molecule has 0 saturated heterocycles. The van der Waals surface area contributed by atoms with E-state index in [1.54, 1.807) is 31.3 Å². The Morgan fingerprint density at radius 3 is 2.52 bits per heavy atom. The maximum Gasteiger partial charge on any atom is 0.266 e. The van der Waals surface area contributed by atoms with Crippen molar-refractivity contribution < 1.29 is 9.59 Å². The smallest absolute Gasteiger partial charge is 0.266 e. The van der Waals surface area contributed by atoms with E-state index < -0.39 is 0 Å². The highest BCUT2D eigenvalue weighted by Crippen LogP contribution is 2.31. The van der Waals surface area contributed by atoms with Gasteiger partial charge in [-0.3, -0.25) is 9.59 Å². The molecule has 0 aliphatic carbocycles. The Hall–Kier alpha value is -2.66. The van der Waals surface area contributed by atoms with E-state index in [1.165, 1.54) is 11.3 Å². The van der Waals surface area contributed by atoms with Gasteiger partial charge in [-0.1, -0.05) is 24.3 Å². The third kappa shape index (κ3) is 2.96.